The summed E-state index contributed by atoms with van der Waals surface area (Å²) in [5.74, 6) is 0.757. The Morgan fingerprint density at radius 3 is 2.73 bits per heavy atom. The van der Waals surface area contributed by atoms with E-state index in [4.69, 9.17) is 19.5 Å². The largest absolute Gasteiger partial charge is 0.495 e. The molecule has 0 heterocycles. The number of methoxy groups -OCH3 is 2. The minimum absolute atomic E-state index is 0.0729. The summed E-state index contributed by atoms with van der Waals surface area (Å²) in [6, 6.07) is 14.3. The summed E-state index contributed by atoms with van der Waals surface area (Å²) < 4.78 is 43.1. The van der Waals surface area contributed by atoms with Crippen molar-refractivity contribution < 1.29 is 22.6 Å². The molecule has 26 heavy (non-hydrogen) atoms. The highest BCUT2D eigenvalue weighted by molar-refractivity contribution is 7.89. The minimum Gasteiger partial charge on any atom is -0.495 e. The summed E-state index contributed by atoms with van der Waals surface area (Å²) in [5, 5.41) is 8.98. The van der Waals surface area contributed by atoms with Crippen molar-refractivity contribution in [3.05, 3.63) is 53.6 Å². The molecule has 0 amide bonds. The maximum absolute atomic E-state index is 12.6. The molecular formula is C18H19N2O5S. The smallest absolute Gasteiger partial charge is 0.244 e. The van der Waals surface area contributed by atoms with E-state index < -0.39 is 10.0 Å². The Morgan fingerprint density at radius 1 is 1.23 bits per heavy atom. The molecule has 1 radical (unpaired) electrons. The van der Waals surface area contributed by atoms with Crippen molar-refractivity contribution in [2.45, 2.75) is 11.3 Å². The number of ether oxygens (including phenoxy) is 3. The van der Waals surface area contributed by atoms with Crippen molar-refractivity contribution in [1.29, 1.82) is 5.26 Å². The molecule has 0 aliphatic heterocycles. The van der Waals surface area contributed by atoms with Crippen molar-refractivity contribution in [2.24, 2.45) is 0 Å². The number of rotatable bonds is 9. The highest BCUT2D eigenvalue weighted by atomic mass is 32.2. The second-order valence-corrected chi connectivity index (χ2v) is 6.95. The van der Waals surface area contributed by atoms with Crippen LogP contribution in [0.3, 0.4) is 0 Å². The van der Waals surface area contributed by atoms with Crippen LogP contribution in [0.25, 0.3) is 0 Å². The Labute approximate surface area is 153 Å². The van der Waals surface area contributed by atoms with Gasteiger partial charge in [0.2, 0.25) is 10.0 Å². The zero-order valence-corrected chi connectivity index (χ0v) is 15.3. The Morgan fingerprint density at radius 2 is 2.04 bits per heavy atom. The van der Waals surface area contributed by atoms with E-state index in [1.54, 1.807) is 18.2 Å². The number of nitrogens with zero attached hydrogens (tertiary/aromatic N) is 1. The van der Waals surface area contributed by atoms with E-state index in [0.29, 0.717) is 12.2 Å². The Balaban J connectivity index is 2.11. The van der Waals surface area contributed by atoms with Crippen LogP contribution in [-0.2, 0) is 21.2 Å². The first-order valence-electron chi connectivity index (χ1n) is 7.70. The van der Waals surface area contributed by atoms with Crippen LogP contribution in [0, 0.1) is 17.4 Å². The van der Waals surface area contributed by atoms with E-state index in [1.807, 2.05) is 6.07 Å². The van der Waals surface area contributed by atoms with Crippen LogP contribution in [0.1, 0.15) is 11.1 Å². The molecular weight excluding hydrogens is 356 g/mol. The fourth-order valence-electron chi connectivity index (χ4n) is 2.26. The van der Waals surface area contributed by atoms with E-state index in [1.165, 1.54) is 32.4 Å². The van der Waals surface area contributed by atoms with Crippen molar-refractivity contribution in [3.63, 3.8) is 0 Å². The van der Waals surface area contributed by atoms with Gasteiger partial charge in [-0.05, 0) is 42.3 Å². The summed E-state index contributed by atoms with van der Waals surface area (Å²) in [5.41, 5.74) is 1.06. The van der Waals surface area contributed by atoms with Crippen LogP contribution in [0.15, 0.2) is 41.3 Å². The van der Waals surface area contributed by atoms with Crippen LogP contribution in [0.2, 0.25) is 0 Å². The van der Waals surface area contributed by atoms with Gasteiger partial charge in [-0.15, -0.1) is 0 Å². The number of sulfonamides is 1. The standard InChI is InChI=1S/C18H19N2O5S/c1-23-13-25-16-6-4-3-5-15(16)9-10-20-26(21,22)18-11-14(12-19)7-8-17(18)24-2/h3,5-8,11,20H,9-10,13H2,1-2H3. The molecule has 0 fully saturated rings. The van der Waals surface area contributed by atoms with Gasteiger partial charge in [0.1, 0.15) is 16.4 Å². The highest BCUT2D eigenvalue weighted by Crippen LogP contribution is 2.25. The van der Waals surface area contributed by atoms with Crippen LogP contribution in [0.4, 0.5) is 0 Å². The van der Waals surface area contributed by atoms with Gasteiger partial charge < -0.3 is 14.2 Å². The molecule has 0 aliphatic rings. The normalized spacial score (nSPS) is 11.0. The summed E-state index contributed by atoms with van der Waals surface area (Å²) in [4.78, 5) is -0.0729. The van der Waals surface area contributed by atoms with Crippen LogP contribution in [0.5, 0.6) is 11.5 Å². The van der Waals surface area contributed by atoms with Crippen molar-refractivity contribution in [1.82, 2.24) is 4.72 Å². The first kappa shape index (κ1) is 19.7. The van der Waals surface area contributed by atoms with Gasteiger partial charge in [0.25, 0.3) is 0 Å². The number of nitrogens with one attached hydrogen (secondary N) is 1. The SMILES string of the molecule is COCOc1c[c]ccc1CCNS(=O)(=O)c1cc(C#N)ccc1OC. The Bertz CT molecular complexity index is 891. The molecule has 0 bridgehead atoms. The highest BCUT2D eigenvalue weighted by Gasteiger charge is 2.20. The van der Waals surface area contributed by atoms with Crippen molar-refractivity contribution in [3.8, 4) is 17.6 Å². The van der Waals surface area contributed by atoms with E-state index in [0.717, 1.165) is 5.56 Å². The van der Waals surface area contributed by atoms with Gasteiger partial charge in [0.05, 0.1) is 18.7 Å². The molecule has 0 saturated heterocycles. The second-order valence-electron chi connectivity index (χ2n) is 5.21. The molecule has 7 nitrogen and oxygen atoms in total. The molecule has 0 spiro atoms. The zero-order chi connectivity index (χ0) is 19.0. The number of benzene rings is 2. The molecule has 0 aliphatic carbocycles. The maximum Gasteiger partial charge on any atom is 0.244 e. The molecule has 2 aromatic rings. The maximum atomic E-state index is 12.6. The van der Waals surface area contributed by atoms with Gasteiger partial charge in [-0.1, -0.05) is 12.1 Å². The predicted octanol–water partition coefficient (Wildman–Crippen LogP) is 1.87. The lowest BCUT2D eigenvalue weighted by Crippen LogP contribution is -2.26. The van der Waals surface area contributed by atoms with E-state index >= 15 is 0 Å². The lowest BCUT2D eigenvalue weighted by atomic mass is 10.1. The van der Waals surface area contributed by atoms with Gasteiger partial charge in [-0.25, -0.2) is 13.1 Å². The summed E-state index contributed by atoms with van der Waals surface area (Å²) >= 11 is 0. The third-order valence-corrected chi connectivity index (χ3v) is 4.99. The zero-order valence-electron chi connectivity index (χ0n) is 14.5. The first-order valence-corrected chi connectivity index (χ1v) is 9.18. The Hall–Kier alpha value is -2.60. The lowest BCUT2D eigenvalue weighted by Gasteiger charge is -2.13. The van der Waals surface area contributed by atoms with Gasteiger partial charge >= 0.3 is 0 Å². The van der Waals surface area contributed by atoms with Gasteiger partial charge in [-0.3, -0.25) is 0 Å². The first-order chi connectivity index (χ1) is 12.5. The van der Waals surface area contributed by atoms with E-state index in [2.05, 4.69) is 10.8 Å². The van der Waals surface area contributed by atoms with Crippen LogP contribution < -0.4 is 14.2 Å². The third kappa shape index (κ3) is 4.95. The monoisotopic (exact) mass is 375 g/mol. The molecule has 0 unspecified atom stereocenters. The lowest BCUT2D eigenvalue weighted by molar-refractivity contribution is 0.0504. The third-order valence-electron chi connectivity index (χ3n) is 3.51. The van der Waals surface area contributed by atoms with E-state index in [-0.39, 0.29) is 29.5 Å². The fraction of sp³-hybridized carbons (Fsp3) is 0.278. The quantitative estimate of drug-likeness (QED) is 0.672. The van der Waals surface area contributed by atoms with Gasteiger partial charge in [0, 0.05) is 13.7 Å². The second kappa shape index (κ2) is 9.20. The van der Waals surface area contributed by atoms with Crippen LogP contribution in [-0.4, -0.2) is 36.0 Å². The molecule has 1 N–H and O–H groups in total. The molecule has 8 heteroatoms. The average molecular weight is 375 g/mol. The molecule has 2 aromatic carbocycles. The molecule has 2 rings (SSSR count). The van der Waals surface area contributed by atoms with Gasteiger partial charge in [0.15, 0.2) is 6.79 Å². The van der Waals surface area contributed by atoms with Gasteiger partial charge in [-0.2, -0.15) is 5.26 Å². The average Bonchev–Trinajstić information content (AvgIpc) is 2.66. The summed E-state index contributed by atoms with van der Waals surface area (Å²) in [6.07, 6.45) is 0.410. The minimum atomic E-state index is -3.84. The Kier molecular flexibility index (Phi) is 6.97. The predicted molar refractivity (Wildman–Crippen MR) is 94.4 cm³/mol. The summed E-state index contributed by atoms with van der Waals surface area (Å²) in [7, 11) is -0.943. The topological polar surface area (TPSA) is 97.6 Å². The van der Waals surface area contributed by atoms with E-state index in [9.17, 15) is 8.42 Å². The molecule has 137 valence electrons. The molecule has 0 saturated carbocycles. The summed E-state index contributed by atoms with van der Waals surface area (Å²) in [6.45, 7) is 0.240. The fourth-order valence-corrected chi connectivity index (χ4v) is 3.49. The van der Waals surface area contributed by atoms with Crippen molar-refractivity contribution >= 4 is 10.0 Å². The number of hydrogen-bond acceptors (Lipinski definition) is 6. The molecule has 0 aromatic heterocycles. The number of nitriles is 1. The number of hydrogen-bond donors (Lipinski definition) is 1. The molecule has 0 atom stereocenters. The van der Waals surface area contributed by atoms with Crippen molar-refractivity contribution in [2.75, 3.05) is 27.6 Å². The van der Waals surface area contributed by atoms with Crippen LogP contribution >= 0.6 is 0 Å².